The van der Waals surface area contributed by atoms with Gasteiger partial charge in [0.05, 0.1) is 0 Å². The summed E-state index contributed by atoms with van der Waals surface area (Å²) in [6, 6.07) is 6.75. The van der Waals surface area contributed by atoms with Crippen molar-refractivity contribution in [1.29, 1.82) is 0 Å². The number of hydrogen-bond donors (Lipinski definition) is 1. The number of aryl methyl sites for hydroxylation is 2. The summed E-state index contributed by atoms with van der Waals surface area (Å²) in [5, 5.41) is 3.24. The van der Waals surface area contributed by atoms with Crippen LogP contribution in [0, 0.1) is 26.2 Å². The fourth-order valence-corrected chi connectivity index (χ4v) is 1.62. The maximum absolute atomic E-state index is 5.34. The van der Waals surface area contributed by atoms with Crippen LogP contribution in [0.2, 0.25) is 0 Å². The normalized spacial score (nSPS) is 12.1. The van der Waals surface area contributed by atoms with Gasteiger partial charge in [-0.05, 0) is 32.0 Å². The molecular weight excluding hydrogens is 170 g/mol. The Balaban J connectivity index is 3.03. The Kier molecular flexibility index (Phi) is 3.73. The van der Waals surface area contributed by atoms with Gasteiger partial charge in [-0.2, -0.15) is 0 Å². The molecule has 0 heterocycles. The first-order valence-corrected chi connectivity index (χ1v) is 4.87. The summed E-state index contributed by atoms with van der Waals surface area (Å²) >= 11 is 0. The quantitative estimate of drug-likeness (QED) is 0.717. The Morgan fingerprint density at radius 1 is 1.43 bits per heavy atom. The fraction of sp³-hybridized carbons (Fsp3) is 0.385. The van der Waals surface area contributed by atoms with Crippen LogP contribution in [0.15, 0.2) is 18.2 Å². The molecule has 0 radical (unpaired) electrons. The predicted octanol–water partition coefficient (Wildman–Crippen LogP) is 2.59. The van der Waals surface area contributed by atoms with E-state index in [1.54, 1.807) is 0 Å². The van der Waals surface area contributed by atoms with Gasteiger partial charge < -0.3 is 5.32 Å². The Labute approximate surface area is 86.5 Å². The molecule has 1 nitrogen and oxygen atoms in total. The van der Waals surface area contributed by atoms with E-state index in [2.05, 4.69) is 43.3 Å². The van der Waals surface area contributed by atoms with Gasteiger partial charge in [-0.1, -0.05) is 23.8 Å². The third kappa shape index (κ3) is 2.37. The fourth-order valence-electron chi connectivity index (χ4n) is 1.62. The van der Waals surface area contributed by atoms with Gasteiger partial charge in [-0.3, -0.25) is 0 Å². The van der Waals surface area contributed by atoms with Crippen molar-refractivity contribution in [1.82, 2.24) is 5.32 Å². The summed E-state index contributed by atoms with van der Waals surface area (Å²) in [5.74, 6) is 2.70. The minimum Gasteiger partial charge on any atom is -0.312 e. The molecule has 0 aliphatic rings. The number of rotatable bonds is 3. The van der Waals surface area contributed by atoms with Gasteiger partial charge in [0.15, 0.2) is 0 Å². The molecule has 0 spiro atoms. The van der Waals surface area contributed by atoms with Gasteiger partial charge in [-0.15, -0.1) is 12.3 Å². The van der Waals surface area contributed by atoms with Crippen LogP contribution >= 0.6 is 0 Å². The van der Waals surface area contributed by atoms with Gasteiger partial charge in [0.2, 0.25) is 0 Å². The lowest BCUT2D eigenvalue weighted by atomic mass is 9.97. The number of terminal acetylenes is 1. The van der Waals surface area contributed by atoms with Crippen LogP contribution in [-0.4, -0.2) is 7.05 Å². The average Bonchev–Trinajstić information content (AvgIpc) is 2.18. The van der Waals surface area contributed by atoms with Crippen LogP contribution in [0.5, 0.6) is 0 Å². The highest BCUT2D eigenvalue weighted by Gasteiger charge is 2.09. The van der Waals surface area contributed by atoms with E-state index in [-0.39, 0.29) is 6.04 Å². The van der Waals surface area contributed by atoms with E-state index in [4.69, 9.17) is 6.42 Å². The topological polar surface area (TPSA) is 12.0 Å². The summed E-state index contributed by atoms with van der Waals surface area (Å²) in [6.45, 7) is 4.22. The lowest BCUT2D eigenvalue weighted by Crippen LogP contribution is -2.16. The van der Waals surface area contributed by atoms with Crippen molar-refractivity contribution in [3.05, 3.63) is 34.9 Å². The minimum absolute atomic E-state index is 0.278. The maximum Gasteiger partial charge on any atom is 0.0431 e. The lowest BCUT2D eigenvalue weighted by Gasteiger charge is -2.16. The number of nitrogens with one attached hydrogen (secondary N) is 1. The van der Waals surface area contributed by atoms with Crippen molar-refractivity contribution >= 4 is 0 Å². The molecule has 1 heteroatoms. The molecule has 1 N–H and O–H groups in total. The van der Waals surface area contributed by atoms with Crippen LogP contribution in [-0.2, 0) is 0 Å². The second-order valence-electron chi connectivity index (χ2n) is 3.61. The third-order valence-corrected chi connectivity index (χ3v) is 2.48. The highest BCUT2D eigenvalue weighted by molar-refractivity contribution is 5.33. The summed E-state index contributed by atoms with van der Waals surface area (Å²) in [4.78, 5) is 0. The first-order valence-electron chi connectivity index (χ1n) is 4.87. The van der Waals surface area contributed by atoms with Crippen LogP contribution in [0.4, 0.5) is 0 Å². The first-order chi connectivity index (χ1) is 6.69. The minimum atomic E-state index is 0.278. The molecule has 0 aliphatic carbocycles. The van der Waals surface area contributed by atoms with Crippen LogP contribution < -0.4 is 5.32 Å². The van der Waals surface area contributed by atoms with Crippen LogP contribution in [0.25, 0.3) is 0 Å². The van der Waals surface area contributed by atoms with E-state index >= 15 is 0 Å². The highest BCUT2D eigenvalue weighted by atomic mass is 14.9. The predicted molar refractivity (Wildman–Crippen MR) is 61.2 cm³/mol. The molecule has 0 aromatic heterocycles. The molecule has 1 unspecified atom stereocenters. The maximum atomic E-state index is 5.34. The summed E-state index contributed by atoms with van der Waals surface area (Å²) in [5.41, 5.74) is 3.89. The van der Waals surface area contributed by atoms with E-state index in [9.17, 15) is 0 Å². The summed E-state index contributed by atoms with van der Waals surface area (Å²) in [7, 11) is 1.95. The molecule has 0 aliphatic heterocycles. The smallest absolute Gasteiger partial charge is 0.0431 e. The molecule has 74 valence electrons. The zero-order chi connectivity index (χ0) is 10.6. The second kappa shape index (κ2) is 4.83. The van der Waals surface area contributed by atoms with Gasteiger partial charge in [-0.25, -0.2) is 0 Å². The SMILES string of the molecule is C#CCC(NC)c1cc(C)ccc1C. The first kappa shape index (κ1) is 10.8. The molecule has 0 amide bonds. The van der Waals surface area contributed by atoms with Crippen molar-refractivity contribution in [3.8, 4) is 12.3 Å². The Hall–Kier alpha value is -1.26. The Bertz CT molecular complexity index is 347. The summed E-state index contributed by atoms with van der Waals surface area (Å²) < 4.78 is 0. The molecule has 0 saturated carbocycles. The molecule has 1 rings (SSSR count). The van der Waals surface area contributed by atoms with Crippen molar-refractivity contribution < 1.29 is 0 Å². The lowest BCUT2D eigenvalue weighted by molar-refractivity contribution is 0.608. The number of benzene rings is 1. The standard InChI is InChI=1S/C13H17N/c1-5-6-13(14-4)12-9-10(2)7-8-11(12)3/h1,7-9,13-14H,6H2,2-4H3. The molecular formula is C13H17N. The molecule has 0 bridgehead atoms. The van der Waals surface area contributed by atoms with Crippen LogP contribution in [0.3, 0.4) is 0 Å². The van der Waals surface area contributed by atoms with E-state index in [1.807, 2.05) is 7.05 Å². The van der Waals surface area contributed by atoms with Gasteiger partial charge in [0, 0.05) is 12.5 Å². The molecule has 1 aromatic rings. The molecule has 0 saturated heterocycles. The zero-order valence-electron chi connectivity index (χ0n) is 9.09. The highest BCUT2D eigenvalue weighted by Crippen LogP contribution is 2.21. The van der Waals surface area contributed by atoms with Crippen molar-refractivity contribution in [3.63, 3.8) is 0 Å². The Morgan fingerprint density at radius 3 is 2.71 bits per heavy atom. The van der Waals surface area contributed by atoms with E-state index < -0.39 is 0 Å². The monoisotopic (exact) mass is 187 g/mol. The van der Waals surface area contributed by atoms with Gasteiger partial charge in [0.25, 0.3) is 0 Å². The largest absolute Gasteiger partial charge is 0.312 e. The van der Waals surface area contributed by atoms with Crippen LogP contribution in [0.1, 0.15) is 29.2 Å². The summed E-state index contributed by atoms with van der Waals surface area (Å²) in [6.07, 6.45) is 6.08. The van der Waals surface area contributed by atoms with Crippen molar-refractivity contribution in [2.24, 2.45) is 0 Å². The molecule has 1 aromatic carbocycles. The third-order valence-electron chi connectivity index (χ3n) is 2.48. The average molecular weight is 187 g/mol. The molecule has 14 heavy (non-hydrogen) atoms. The van der Waals surface area contributed by atoms with Gasteiger partial charge >= 0.3 is 0 Å². The molecule has 0 fully saturated rings. The van der Waals surface area contributed by atoms with E-state index in [1.165, 1.54) is 16.7 Å². The number of hydrogen-bond acceptors (Lipinski definition) is 1. The Morgan fingerprint density at radius 2 is 2.14 bits per heavy atom. The molecule has 1 atom stereocenters. The second-order valence-corrected chi connectivity index (χ2v) is 3.61. The van der Waals surface area contributed by atoms with E-state index in [0.29, 0.717) is 0 Å². The van der Waals surface area contributed by atoms with Crippen molar-refractivity contribution in [2.45, 2.75) is 26.3 Å². The zero-order valence-corrected chi connectivity index (χ0v) is 9.09. The van der Waals surface area contributed by atoms with E-state index in [0.717, 1.165) is 6.42 Å². The van der Waals surface area contributed by atoms with Gasteiger partial charge in [0.1, 0.15) is 0 Å². The van der Waals surface area contributed by atoms with Crippen molar-refractivity contribution in [2.75, 3.05) is 7.05 Å².